The summed E-state index contributed by atoms with van der Waals surface area (Å²) in [6, 6.07) is 0. The van der Waals surface area contributed by atoms with Crippen molar-refractivity contribution >= 4 is 7.60 Å². The van der Waals surface area contributed by atoms with Crippen LogP contribution in [0.1, 0.15) is 13.3 Å². The van der Waals surface area contributed by atoms with Crippen molar-refractivity contribution < 1.29 is 29.7 Å². The molecule has 0 aromatic carbocycles. The van der Waals surface area contributed by atoms with Crippen LogP contribution >= 0.6 is 7.60 Å². The minimum atomic E-state index is -4.15. The molecule has 0 amide bonds. The second-order valence-corrected chi connectivity index (χ2v) is 4.98. The quantitative estimate of drug-likeness (QED) is 0.361. The molecule has 0 fully saturated rings. The summed E-state index contributed by atoms with van der Waals surface area (Å²) in [6.45, 7) is 0.534. The largest absolute Gasteiger partial charge is 0.393 e. The molecule has 0 aliphatic carbocycles. The molecule has 0 bridgehead atoms. The van der Waals surface area contributed by atoms with E-state index >= 15 is 0 Å². The van der Waals surface area contributed by atoms with Crippen LogP contribution < -0.4 is 0 Å². The Hall–Kier alpha value is 0.0300. The second kappa shape index (κ2) is 4.50. The van der Waals surface area contributed by atoms with Gasteiger partial charge in [-0.25, -0.2) is 0 Å². The van der Waals surface area contributed by atoms with Crippen molar-refractivity contribution in [2.75, 3.05) is 12.8 Å². The third-order valence-corrected chi connectivity index (χ3v) is 2.57. The molecule has 0 aliphatic rings. The molecule has 2 atom stereocenters. The Morgan fingerprint density at radius 3 is 2.23 bits per heavy atom. The Labute approximate surface area is 76.0 Å². The molecule has 6 nitrogen and oxygen atoms in total. The van der Waals surface area contributed by atoms with E-state index in [0.29, 0.717) is 0 Å². The lowest BCUT2D eigenvalue weighted by Crippen LogP contribution is -2.43. The Bertz CT molecular complexity index is 197. The molecular weight excluding hydrogens is 199 g/mol. The molecule has 7 heteroatoms. The van der Waals surface area contributed by atoms with E-state index in [9.17, 15) is 14.8 Å². The van der Waals surface area contributed by atoms with Gasteiger partial charge in [-0.15, -0.1) is 0 Å². The third kappa shape index (κ3) is 5.36. The van der Waals surface area contributed by atoms with Crippen molar-refractivity contribution in [3.05, 3.63) is 0 Å². The first-order valence-corrected chi connectivity index (χ1v) is 5.54. The standard InChI is InChI=1S/C6H15O6P/c1-6(9,4-7)5(8)2-3-13(10,11)12/h5,7-9H,2-4H2,1H3,(H2,10,11,12). The van der Waals surface area contributed by atoms with E-state index in [0.717, 1.165) is 0 Å². The molecule has 2 unspecified atom stereocenters. The van der Waals surface area contributed by atoms with E-state index in [1.54, 1.807) is 0 Å². The van der Waals surface area contributed by atoms with E-state index in [4.69, 9.17) is 14.9 Å². The zero-order valence-electron chi connectivity index (χ0n) is 7.29. The first-order valence-electron chi connectivity index (χ1n) is 3.75. The van der Waals surface area contributed by atoms with Crippen LogP contribution in [-0.2, 0) is 4.57 Å². The second-order valence-electron chi connectivity index (χ2n) is 3.21. The summed E-state index contributed by atoms with van der Waals surface area (Å²) in [7, 11) is -4.15. The maximum absolute atomic E-state index is 10.4. The molecule has 0 saturated heterocycles. The van der Waals surface area contributed by atoms with E-state index in [1.165, 1.54) is 6.92 Å². The summed E-state index contributed by atoms with van der Waals surface area (Å²) >= 11 is 0. The van der Waals surface area contributed by atoms with Gasteiger partial charge in [0.15, 0.2) is 0 Å². The minimum absolute atomic E-state index is 0.252. The summed E-state index contributed by atoms with van der Waals surface area (Å²) in [5, 5.41) is 27.0. The highest BCUT2D eigenvalue weighted by Gasteiger charge is 2.30. The average Bonchev–Trinajstić information content (AvgIpc) is 1.98. The highest BCUT2D eigenvalue weighted by molar-refractivity contribution is 7.51. The predicted octanol–water partition coefficient (Wildman–Crippen LogP) is -1.34. The molecule has 0 spiro atoms. The molecule has 5 N–H and O–H groups in total. The highest BCUT2D eigenvalue weighted by atomic mass is 31.2. The Kier molecular flexibility index (Phi) is 4.51. The Balaban J connectivity index is 4.02. The molecule has 0 aliphatic heterocycles. The predicted molar refractivity (Wildman–Crippen MR) is 45.2 cm³/mol. The summed E-state index contributed by atoms with van der Waals surface area (Å²) < 4.78 is 10.4. The Morgan fingerprint density at radius 1 is 1.46 bits per heavy atom. The lowest BCUT2D eigenvalue weighted by Gasteiger charge is -2.26. The Morgan fingerprint density at radius 2 is 1.92 bits per heavy atom. The van der Waals surface area contributed by atoms with E-state index in [-0.39, 0.29) is 6.42 Å². The normalized spacial score (nSPS) is 19.5. The summed E-state index contributed by atoms with van der Waals surface area (Å²) in [6.07, 6.45) is -2.10. The molecule has 0 rings (SSSR count). The van der Waals surface area contributed by atoms with Gasteiger partial charge in [-0.05, 0) is 13.3 Å². The third-order valence-electron chi connectivity index (χ3n) is 1.73. The SMILES string of the molecule is CC(O)(CO)C(O)CCP(=O)(O)O. The van der Waals surface area contributed by atoms with Crippen molar-refractivity contribution in [3.8, 4) is 0 Å². The van der Waals surface area contributed by atoms with Crippen molar-refractivity contribution in [3.63, 3.8) is 0 Å². The van der Waals surface area contributed by atoms with Crippen LogP contribution in [0.15, 0.2) is 0 Å². The van der Waals surface area contributed by atoms with Gasteiger partial charge in [-0.2, -0.15) is 0 Å². The molecule has 0 saturated carbocycles. The molecule has 13 heavy (non-hydrogen) atoms. The molecule has 80 valence electrons. The lowest BCUT2D eigenvalue weighted by atomic mass is 9.98. The number of aliphatic hydroxyl groups is 3. The van der Waals surface area contributed by atoms with Crippen LogP contribution in [0.4, 0.5) is 0 Å². The van der Waals surface area contributed by atoms with Gasteiger partial charge in [0.25, 0.3) is 0 Å². The van der Waals surface area contributed by atoms with Gasteiger partial charge in [0, 0.05) is 0 Å². The van der Waals surface area contributed by atoms with Gasteiger partial charge in [0.1, 0.15) is 5.60 Å². The smallest absolute Gasteiger partial charge is 0.325 e. The van der Waals surface area contributed by atoms with Gasteiger partial charge >= 0.3 is 7.60 Å². The fourth-order valence-electron chi connectivity index (χ4n) is 0.707. The first kappa shape index (κ1) is 13.0. The molecule has 0 radical (unpaired) electrons. The van der Waals surface area contributed by atoms with Crippen LogP contribution in [0, 0.1) is 0 Å². The van der Waals surface area contributed by atoms with Crippen LogP contribution in [-0.4, -0.2) is 49.6 Å². The van der Waals surface area contributed by atoms with Crippen molar-refractivity contribution in [1.82, 2.24) is 0 Å². The van der Waals surface area contributed by atoms with Gasteiger partial charge in [0.05, 0.1) is 18.9 Å². The maximum Gasteiger partial charge on any atom is 0.325 e. The number of hydrogen-bond donors (Lipinski definition) is 5. The van der Waals surface area contributed by atoms with E-state index < -0.39 is 32.1 Å². The van der Waals surface area contributed by atoms with E-state index in [1.807, 2.05) is 0 Å². The zero-order valence-corrected chi connectivity index (χ0v) is 8.18. The number of hydrogen-bond acceptors (Lipinski definition) is 4. The highest BCUT2D eigenvalue weighted by Crippen LogP contribution is 2.36. The summed E-state index contributed by atoms with van der Waals surface area (Å²) in [5.41, 5.74) is -1.71. The number of aliphatic hydroxyl groups excluding tert-OH is 2. The first-order chi connectivity index (χ1) is 5.69. The van der Waals surface area contributed by atoms with Gasteiger partial charge in [-0.3, -0.25) is 4.57 Å². The lowest BCUT2D eigenvalue weighted by molar-refractivity contribution is -0.0926. The van der Waals surface area contributed by atoms with Crippen LogP contribution in [0.3, 0.4) is 0 Å². The summed E-state index contributed by atoms with van der Waals surface area (Å²) in [4.78, 5) is 16.9. The summed E-state index contributed by atoms with van der Waals surface area (Å²) in [5.74, 6) is 0. The molecule has 0 aromatic heterocycles. The fraction of sp³-hybridized carbons (Fsp3) is 1.00. The van der Waals surface area contributed by atoms with Crippen LogP contribution in [0.25, 0.3) is 0 Å². The molecule has 0 heterocycles. The van der Waals surface area contributed by atoms with Crippen LogP contribution in [0.5, 0.6) is 0 Å². The van der Waals surface area contributed by atoms with E-state index in [2.05, 4.69) is 0 Å². The number of rotatable bonds is 5. The molecule has 0 aromatic rings. The van der Waals surface area contributed by atoms with Gasteiger partial charge < -0.3 is 25.1 Å². The maximum atomic E-state index is 10.4. The van der Waals surface area contributed by atoms with Crippen LogP contribution in [0.2, 0.25) is 0 Å². The van der Waals surface area contributed by atoms with Gasteiger partial charge in [0.2, 0.25) is 0 Å². The van der Waals surface area contributed by atoms with Crippen molar-refractivity contribution in [1.29, 1.82) is 0 Å². The average molecular weight is 214 g/mol. The van der Waals surface area contributed by atoms with Crippen molar-refractivity contribution in [2.45, 2.75) is 25.0 Å². The fourth-order valence-corrected chi connectivity index (χ4v) is 1.29. The zero-order chi connectivity index (χ0) is 10.7. The monoisotopic (exact) mass is 214 g/mol. The minimum Gasteiger partial charge on any atom is -0.393 e. The van der Waals surface area contributed by atoms with Gasteiger partial charge in [-0.1, -0.05) is 0 Å². The topological polar surface area (TPSA) is 118 Å². The van der Waals surface area contributed by atoms with Crippen molar-refractivity contribution in [2.24, 2.45) is 0 Å². The molecular formula is C6H15O6P.